The van der Waals surface area contributed by atoms with Crippen LogP contribution in [0.4, 0.5) is 8.78 Å². The summed E-state index contributed by atoms with van der Waals surface area (Å²) in [5.74, 6) is -2.54. The van der Waals surface area contributed by atoms with Gasteiger partial charge in [-0.25, -0.2) is 8.78 Å². The molecule has 7 heteroatoms. The minimum atomic E-state index is -1.04. The fourth-order valence-corrected chi connectivity index (χ4v) is 3.46. The number of carbonyl (C=O) groups excluding carboxylic acids is 2. The second-order valence-electron chi connectivity index (χ2n) is 7.02. The highest BCUT2D eigenvalue weighted by molar-refractivity contribution is 5.96. The first-order chi connectivity index (χ1) is 11.9. The number of rotatable bonds is 3. The van der Waals surface area contributed by atoms with Crippen molar-refractivity contribution in [3.05, 3.63) is 35.4 Å². The quantitative estimate of drug-likeness (QED) is 0.831. The number of halogens is 2. The van der Waals surface area contributed by atoms with Gasteiger partial charge in [0, 0.05) is 31.7 Å². The van der Waals surface area contributed by atoms with Gasteiger partial charge in [-0.05, 0) is 51.2 Å². The van der Waals surface area contributed by atoms with Crippen LogP contribution in [0.3, 0.4) is 0 Å². The summed E-state index contributed by atoms with van der Waals surface area (Å²) in [7, 11) is 3.91. The van der Waals surface area contributed by atoms with E-state index in [2.05, 4.69) is 11.9 Å². The van der Waals surface area contributed by atoms with E-state index in [1.807, 2.05) is 11.9 Å². The van der Waals surface area contributed by atoms with Crippen molar-refractivity contribution in [3.8, 4) is 0 Å². The third kappa shape index (κ3) is 3.66. The molecule has 0 unspecified atom stereocenters. The molecular formula is C18H23F2N3O2. The number of likely N-dealkylation sites (tertiary alicyclic amines) is 2. The lowest BCUT2D eigenvalue weighted by molar-refractivity contribution is -0.141. The van der Waals surface area contributed by atoms with Crippen molar-refractivity contribution >= 4 is 11.8 Å². The molecule has 2 heterocycles. The maximum atomic E-state index is 13.3. The van der Waals surface area contributed by atoms with E-state index >= 15 is 0 Å². The zero-order chi connectivity index (χ0) is 18.1. The highest BCUT2D eigenvalue weighted by atomic mass is 19.2. The Morgan fingerprint density at radius 2 is 1.76 bits per heavy atom. The van der Waals surface area contributed by atoms with Crippen molar-refractivity contribution in [2.24, 2.45) is 5.92 Å². The van der Waals surface area contributed by atoms with Gasteiger partial charge in [-0.2, -0.15) is 0 Å². The Bertz CT molecular complexity index is 668. The first-order valence-electron chi connectivity index (χ1n) is 8.56. The molecule has 0 saturated carbocycles. The number of amides is 2. The average molecular weight is 351 g/mol. The van der Waals surface area contributed by atoms with E-state index in [0.29, 0.717) is 13.1 Å². The lowest BCUT2D eigenvalue weighted by Crippen LogP contribution is -2.57. The topological polar surface area (TPSA) is 43.9 Å². The second-order valence-corrected chi connectivity index (χ2v) is 7.02. The average Bonchev–Trinajstić information content (AvgIpc) is 2.55. The zero-order valence-corrected chi connectivity index (χ0v) is 14.5. The summed E-state index contributed by atoms with van der Waals surface area (Å²) in [6, 6.07) is 3.36. The van der Waals surface area contributed by atoms with E-state index < -0.39 is 11.6 Å². The third-order valence-corrected chi connectivity index (χ3v) is 5.27. The van der Waals surface area contributed by atoms with Gasteiger partial charge in [0.2, 0.25) is 5.91 Å². The van der Waals surface area contributed by atoms with Crippen LogP contribution in [0.5, 0.6) is 0 Å². The lowest BCUT2D eigenvalue weighted by Gasteiger charge is -2.42. The first kappa shape index (κ1) is 17.8. The Morgan fingerprint density at radius 3 is 2.36 bits per heavy atom. The van der Waals surface area contributed by atoms with Crippen LogP contribution in [-0.2, 0) is 4.79 Å². The molecule has 3 rings (SSSR count). The maximum absolute atomic E-state index is 13.3. The van der Waals surface area contributed by atoms with Crippen LogP contribution in [-0.4, -0.2) is 72.8 Å². The molecule has 5 nitrogen and oxygen atoms in total. The SMILES string of the molecule is CN1CCC(N(C)C(=O)C2CN(C(=O)c3ccc(F)c(F)c3)C2)CC1. The van der Waals surface area contributed by atoms with Gasteiger partial charge in [-0.3, -0.25) is 9.59 Å². The number of hydrogen-bond donors (Lipinski definition) is 0. The molecule has 2 fully saturated rings. The molecule has 0 bridgehead atoms. The fourth-order valence-electron chi connectivity index (χ4n) is 3.46. The highest BCUT2D eigenvalue weighted by Gasteiger charge is 2.39. The molecular weight excluding hydrogens is 328 g/mol. The first-order valence-corrected chi connectivity index (χ1v) is 8.56. The van der Waals surface area contributed by atoms with Crippen molar-refractivity contribution in [2.45, 2.75) is 18.9 Å². The van der Waals surface area contributed by atoms with Gasteiger partial charge in [-0.1, -0.05) is 0 Å². The summed E-state index contributed by atoms with van der Waals surface area (Å²) in [4.78, 5) is 30.4. The van der Waals surface area contributed by atoms with Crippen molar-refractivity contribution in [1.82, 2.24) is 14.7 Å². The van der Waals surface area contributed by atoms with Gasteiger partial charge in [-0.15, -0.1) is 0 Å². The highest BCUT2D eigenvalue weighted by Crippen LogP contribution is 2.24. The summed E-state index contributed by atoms with van der Waals surface area (Å²) >= 11 is 0. The van der Waals surface area contributed by atoms with Gasteiger partial charge in [0.05, 0.1) is 5.92 Å². The molecule has 2 amide bonds. The maximum Gasteiger partial charge on any atom is 0.254 e. The normalized spacial score (nSPS) is 19.6. The van der Waals surface area contributed by atoms with Crippen molar-refractivity contribution in [1.29, 1.82) is 0 Å². The predicted molar refractivity (Wildman–Crippen MR) is 89.0 cm³/mol. The van der Waals surface area contributed by atoms with Gasteiger partial charge >= 0.3 is 0 Å². The molecule has 0 radical (unpaired) electrons. The number of hydrogen-bond acceptors (Lipinski definition) is 3. The minimum absolute atomic E-state index is 0.0592. The second kappa shape index (κ2) is 7.07. The Balaban J connectivity index is 1.53. The van der Waals surface area contributed by atoms with E-state index in [9.17, 15) is 18.4 Å². The van der Waals surface area contributed by atoms with Gasteiger partial charge in [0.25, 0.3) is 5.91 Å². The summed E-state index contributed by atoms with van der Waals surface area (Å²) in [6.45, 7) is 2.61. The Hall–Kier alpha value is -2.02. The molecule has 0 atom stereocenters. The molecule has 25 heavy (non-hydrogen) atoms. The molecule has 2 aliphatic rings. The summed E-state index contributed by atoms with van der Waals surface area (Å²) in [6.07, 6.45) is 1.92. The number of benzene rings is 1. The zero-order valence-electron chi connectivity index (χ0n) is 14.5. The molecule has 0 spiro atoms. The smallest absolute Gasteiger partial charge is 0.254 e. The standard InChI is InChI=1S/C18H23F2N3O2/c1-21-7-5-14(6-8-21)22(2)17(24)13-10-23(11-13)18(25)12-3-4-15(19)16(20)9-12/h3-4,9,13-14H,5-8,10-11H2,1-2H3. The monoisotopic (exact) mass is 351 g/mol. The molecule has 1 aromatic rings. The third-order valence-electron chi connectivity index (χ3n) is 5.27. The molecule has 0 aliphatic carbocycles. The molecule has 0 N–H and O–H groups in total. The van der Waals surface area contributed by atoms with E-state index in [4.69, 9.17) is 0 Å². The van der Waals surface area contributed by atoms with E-state index in [1.165, 1.54) is 11.0 Å². The lowest BCUT2D eigenvalue weighted by atomic mass is 9.95. The van der Waals surface area contributed by atoms with Crippen LogP contribution in [0.2, 0.25) is 0 Å². The van der Waals surface area contributed by atoms with Crippen LogP contribution < -0.4 is 0 Å². The molecule has 1 aromatic carbocycles. The van der Waals surface area contributed by atoms with Crippen molar-refractivity contribution in [3.63, 3.8) is 0 Å². The Labute approximate surface area is 146 Å². The van der Waals surface area contributed by atoms with Crippen LogP contribution in [0.15, 0.2) is 18.2 Å². The van der Waals surface area contributed by atoms with Crippen molar-refractivity contribution in [2.75, 3.05) is 40.3 Å². The molecule has 136 valence electrons. The Morgan fingerprint density at radius 1 is 1.12 bits per heavy atom. The largest absolute Gasteiger partial charge is 0.342 e. The summed E-state index contributed by atoms with van der Waals surface area (Å²) < 4.78 is 26.2. The van der Waals surface area contributed by atoms with Crippen LogP contribution >= 0.6 is 0 Å². The van der Waals surface area contributed by atoms with Crippen LogP contribution in [0, 0.1) is 17.6 Å². The predicted octanol–water partition coefficient (Wildman–Crippen LogP) is 1.59. The minimum Gasteiger partial charge on any atom is -0.342 e. The van der Waals surface area contributed by atoms with Crippen LogP contribution in [0.25, 0.3) is 0 Å². The van der Waals surface area contributed by atoms with E-state index in [1.54, 1.807) is 0 Å². The molecule has 0 aromatic heterocycles. The number of nitrogens with zero attached hydrogens (tertiary/aromatic N) is 3. The molecule has 2 saturated heterocycles. The van der Waals surface area contributed by atoms with Gasteiger partial charge < -0.3 is 14.7 Å². The summed E-state index contributed by atoms with van der Waals surface area (Å²) in [5, 5.41) is 0. The number of piperidine rings is 1. The molecule has 2 aliphatic heterocycles. The number of carbonyl (C=O) groups is 2. The van der Waals surface area contributed by atoms with E-state index in [0.717, 1.165) is 38.1 Å². The fraction of sp³-hybridized carbons (Fsp3) is 0.556. The Kier molecular flexibility index (Phi) is 5.03. The van der Waals surface area contributed by atoms with Crippen molar-refractivity contribution < 1.29 is 18.4 Å². The van der Waals surface area contributed by atoms with Gasteiger partial charge in [0.15, 0.2) is 11.6 Å². The van der Waals surface area contributed by atoms with Gasteiger partial charge in [0.1, 0.15) is 0 Å². The van der Waals surface area contributed by atoms with Crippen LogP contribution in [0.1, 0.15) is 23.2 Å². The summed E-state index contributed by atoms with van der Waals surface area (Å²) in [5.41, 5.74) is 0.105. The van der Waals surface area contributed by atoms with E-state index in [-0.39, 0.29) is 29.3 Å².